The van der Waals surface area contributed by atoms with Gasteiger partial charge in [0.05, 0.1) is 12.4 Å². The van der Waals surface area contributed by atoms with Crippen LogP contribution >= 0.6 is 0 Å². The van der Waals surface area contributed by atoms with Crippen LogP contribution in [0.1, 0.15) is 36.4 Å². The lowest BCUT2D eigenvalue weighted by Crippen LogP contribution is -2.18. The highest BCUT2D eigenvalue weighted by molar-refractivity contribution is 7.90. The molecular weight excluding hydrogens is 262 g/mol. The smallest absolute Gasteiger partial charge is 0.147 e. The average molecular weight is 283 g/mol. The lowest BCUT2D eigenvalue weighted by molar-refractivity contribution is 0.312. The lowest BCUT2D eigenvalue weighted by atomic mass is 9.87. The summed E-state index contributed by atoms with van der Waals surface area (Å²) in [5.41, 5.74) is 8.46. The maximum atomic E-state index is 11.0. The third-order valence-corrected chi connectivity index (χ3v) is 4.46. The Bertz CT molecular complexity index is 540. The first-order valence-corrected chi connectivity index (χ1v) is 8.71. The monoisotopic (exact) mass is 283 g/mol. The van der Waals surface area contributed by atoms with Crippen molar-refractivity contribution in [1.29, 1.82) is 0 Å². The van der Waals surface area contributed by atoms with Gasteiger partial charge in [0.25, 0.3) is 0 Å². The molecular formula is C14H21NO3S. The fraction of sp³-hybridized carbons (Fsp3) is 0.571. The van der Waals surface area contributed by atoms with Crippen LogP contribution in [0.3, 0.4) is 0 Å². The molecule has 4 nitrogen and oxygen atoms in total. The molecule has 5 heteroatoms. The van der Waals surface area contributed by atoms with Gasteiger partial charge in [0, 0.05) is 12.3 Å². The molecule has 1 unspecified atom stereocenters. The number of sulfone groups is 1. The first-order valence-electron chi connectivity index (χ1n) is 6.65. The minimum atomic E-state index is -2.90. The number of hydrogen-bond donors (Lipinski definition) is 1. The minimum absolute atomic E-state index is 0.100. The number of rotatable bonds is 5. The van der Waals surface area contributed by atoms with E-state index in [0.717, 1.165) is 25.0 Å². The zero-order valence-corrected chi connectivity index (χ0v) is 12.1. The normalized spacial score (nSPS) is 18.9. The number of fused-ring (bicyclic) bond motifs is 1. The first kappa shape index (κ1) is 14.3. The molecule has 2 N–H and O–H groups in total. The zero-order chi connectivity index (χ0) is 13.9. The van der Waals surface area contributed by atoms with E-state index in [4.69, 9.17) is 10.5 Å². The number of hydrogen-bond acceptors (Lipinski definition) is 4. The molecule has 0 heterocycles. The van der Waals surface area contributed by atoms with Crippen LogP contribution in [0.5, 0.6) is 5.75 Å². The van der Waals surface area contributed by atoms with E-state index in [2.05, 4.69) is 6.07 Å². The summed E-state index contributed by atoms with van der Waals surface area (Å²) in [5.74, 6) is 1.03. The molecule has 1 aliphatic rings. The summed E-state index contributed by atoms with van der Waals surface area (Å²) >= 11 is 0. The van der Waals surface area contributed by atoms with E-state index in [1.165, 1.54) is 17.4 Å². The third kappa shape index (κ3) is 3.94. The zero-order valence-electron chi connectivity index (χ0n) is 11.3. The molecule has 0 fully saturated rings. The Labute approximate surface area is 114 Å². The molecule has 1 atom stereocenters. The molecule has 0 spiro atoms. The number of nitrogens with two attached hydrogens (primary N) is 1. The van der Waals surface area contributed by atoms with Gasteiger partial charge in [-0.05, 0) is 42.9 Å². The Morgan fingerprint density at radius 2 is 2.21 bits per heavy atom. The quantitative estimate of drug-likeness (QED) is 0.837. The minimum Gasteiger partial charge on any atom is -0.493 e. The Morgan fingerprint density at radius 1 is 1.42 bits per heavy atom. The summed E-state index contributed by atoms with van der Waals surface area (Å²) in [4.78, 5) is 0. The summed E-state index contributed by atoms with van der Waals surface area (Å²) in [5, 5.41) is 0. The summed E-state index contributed by atoms with van der Waals surface area (Å²) in [6.45, 7) is 0.429. The van der Waals surface area contributed by atoms with Gasteiger partial charge >= 0.3 is 0 Å². The van der Waals surface area contributed by atoms with Crippen molar-refractivity contribution in [1.82, 2.24) is 0 Å². The molecule has 0 radical (unpaired) electrons. The molecule has 0 aliphatic heterocycles. The van der Waals surface area contributed by atoms with Crippen LogP contribution in [0.2, 0.25) is 0 Å². The fourth-order valence-corrected chi connectivity index (χ4v) is 3.13. The van der Waals surface area contributed by atoms with Crippen LogP contribution in [-0.4, -0.2) is 27.0 Å². The van der Waals surface area contributed by atoms with Gasteiger partial charge in [-0.3, -0.25) is 0 Å². The predicted molar refractivity (Wildman–Crippen MR) is 76.1 cm³/mol. The van der Waals surface area contributed by atoms with Crippen LogP contribution in [0.4, 0.5) is 0 Å². The van der Waals surface area contributed by atoms with Gasteiger partial charge in [-0.15, -0.1) is 0 Å². The van der Waals surface area contributed by atoms with Crippen molar-refractivity contribution in [3.63, 3.8) is 0 Å². The van der Waals surface area contributed by atoms with Crippen molar-refractivity contribution in [3.8, 4) is 5.75 Å². The molecule has 106 valence electrons. The maximum absolute atomic E-state index is 11.0. The summed E-state index contributed by atoms with van der Waals surface area (Å²) < 4.78 is 27.8. The van der Waals surface area contributed by atoms with Crippen LogP contribution in [0.15, 0.2) is 18.2 Å². The van der Waals surface area contributed by atoms with Crippen LogP contribution in [-0.2, 0) is 16.3 Å². The molecule has 0 saturated heterocycles. The van der Waals surface area contributed by atoms with Gasteiger partial charge < -0.3 is 10.5 Å². The molecule has 19 heavy (non-hydrogen) atoms. The first-order chi connectivity index (χ1) is 8.97. The van der Waals surface area contributed by atoms with E-state index >= 15 is 0 Å². The van der Waals surface area contributed by atoms with Crippen molar-refractivity contribution >= 4 is 9.84 Å². The molecule has 1 aromatic carbocycles. The molecule has 2 rings (SSSR count). The maximum Gasteiger partial charge on any atom is 0.147 e. The SMILES string of the molecule is CS(=O)(=O)CCCOc1cccc2c1CCCC2N. The second kappa shape index (κ2) is 5.92. The summed E-state index contributed by atoms with van der Waals surface area (Å²) in [7, 11) is -2.90. The number of benzene rings is 1. The van der Waals surface area contributed by atoms with Gasteiger partial charge in [-0.2, -0.15) is 0 Å². The molecule has 1 aliphatic carbocycles. The Kier molecular flexibility index (Phi) is 4.47. The second-order valence-corrected chi connectivity index (χ2v) is 7.41. The average Bonchev–Trinajstić information content (AvgIpc) is 2.34. The van der Waals surface area contributed by atoms with E-state index in [9.17, 15) is 8.42 Å². The van der Waals surface area contributed by atoms with Crippen molar-refractivity contribution in [2.24, 2.45) is 5.73 Å². The summed E-state index contributed by atoms with van der Waals surface area (Å²) in [6.07, 6.45) is 4.86. The molecule has 0 amide bonds. The Morgan fingerprint density at radius 3 is 2.95 bits per heavy atom. The van der Waals surface area contributed by atoms with Crippen molar-refractivity contribution in [3.05, 3.63) is 29.3 Å². The third-order valence-electron chi connectivity index (χ3n) is 3.43. The van der Waals surface area contributed by atoms with Gasteiger partial charge in [-0.1, -0.05) is 12.1 Å². The molecule has 0 aromatic heterocycles. The van der Waals surface area contributed by atoms with E-state index < -0.39 is 9.84 Å². The van der Waals surface area contributed by atoms with Gasteiger partial charge in [0.1, 0.15) is 15.6 Å². The van der Waals surface area contributed by atoms with Gasteiger partial charge in [0.2, 0.25) is 0 Å². The predicted octanol–water partition coefficient (Wildman–Crippen LogP) is 1.84. The fourth-order valence-electron chi connectivity index (χ4n) is 2.49. The molecule has 0 bridgehead atoms. The highest BCUT2D eigenvalue weighted by Gasteiger charge is 2.19. The van der Waals surface area contributed by atoms with Crippen molar-refractivity contribution in [2.45, 2.75) is 31.7 Å². The second-order valence-electron chi connectivity index (χ2n) is 5.15. The standard InChI is InChI=1S/C14H21NO3S/c1-19(16,17)10-4-9-18-14-8-3-5-11-12(14)6-2-7-13(11)15/h3,5,8,13H,2,4,6-7,9-10,15H2,1H3. The molecule has 1 aromatic rings. The lowest BCUT2D eigenvalue weighted by Gasteiger charge is -2.24. The van der Waals surface area contributed by atoms with E-state index in [1.807, 2.05) is 12.1 Å². The topological polar surface area (TPSA) is 69.4 Å². The largest absolute Gasteiger partial charge is 0.493 e. The van der Waals surface area contributed by atoms with Crippen LogP contribution < -0.4 is 10.5 Å². The Hall–Kier alpha value is -1.07. The van der Waals surface area contributed by atoms with Crippen molar-refractivity contribution in [2.75, 3.05) is 18.6 Å². The van der Waals surface area contributed by atoms with Crippen LogP contribution in [0.25, 0.3) is 0 Å². The Balaban J connectivity index is 1.99. The van der Waals surface area contributed by atoms with Crippen molar-refractivity contribution < 1.29 is 13.2 Å². The summed E-state index contributed by atoms with van der Waals surface area (Å²) in [6, 6.07) is 6.05. The van der Waals surface area contributed by atoms with E-state index in [-0.39, 0.29) is 11.8 Å². The number of ether oxygens (including phenoxy) is 1. The van der Waals surface area contributed by atoms with Gasteiger partial charge in [-0.25, -0.2) is 8.42 Å². The highest BCUT2D eigenvalue weighted by atomic mass is 32.2. The van der Waals surface area contributed by atoms with E-state index in [1.54, 1.807) is 0 Å². The molecule has 0 saturated carbocycles. The van der Waals surface area contributed by atoms with Crippen LogP contribution in [0, 0.1) is 0 Å². The van der Waals surface area contributed by atoms with Gasteiger partial charge in [0.15, 0.2) is 0 Å². The van der Waals surface area contributed by atoms with E-state index in [0.29, 0.717) is 13.0 Å². The highest BCUT2D eigenvalue weighted by Crippen LogP contribution is 2.33.